The molecule has 0 bridgehead atoms. The summed E-state index contributed by atoms with van der Waals surface area (Å²) >= 11 is 6.84. The molecule has 23 heavy (non-hydrogen) atoms. The van der Waals surface area contributed by atoms with Crippen molar-refractivity contribution in [2.45, 2.75) is 22.7 Å². The number of benzene rings is 2. The van der Waals surface area contributed by atoms with Gasteiger partial charge >= 0.3 is 12.1 Å². The van der Waals surface area contributed by atoms with Crippen LogP contribution in [0.5, 0.6) is 0 Å². The average Bonchev–Trinajstić information content (AvgIpc) is 2.48. The van der Waals surface area contributed by atoms with E-state index in [2.05, 4.69) is 0 Å². The predicted octanol–water partition coefficient (Wildman–Crippen LogP) is 5.15. The molecule has 2 aromatic carbocycles. The van der Waals surface area contributed by atoms with Crippen molar-refractivity contribution in [3.63, 3.8) is 0 Å². The van der Waals surface area contributed by atoms with E-state index in [4.69, 9.17) is 11.6 Å². The van der Waals surface area contributed by atoms with Gasteiger partial charge in [-0.25, -0.2) is 0 Å². The van der Waals surface area contributed by atoms with Crippen LogP contribution in [0.1, 0.15) is 11.1 Å². The molecule has 2 nitrogen and oxygen atoms in total. The van der Waals surface area contributed by atoms with E-state index in [1.54, 1.807) is 24.3 Å². The molecular formula is C16H12ClF3O2S. The summed E-state index contributed by atoms with van der Waals surface area (Å²) in [6, 6.07) is 11.3. The Hall–Kier alpha value is -1.66. The number of hydrogen-bond acceptors (Lipinski definition) is 2. The molecule has 0 heterocycles. The van der Waals surface area contributed by atoms with Crippen molar-refractivity contribution in [1.29, 1.82) is 0 Å². The number of carbonyl (C=O) groups is 1. The van der Waals surface area contributed by atoms with Crippen molar-refractivity contribution < 1.29 is 23.1 Å². The summed E-state index contributed by atoms with van der Waals surface area (Å²) in [7, 11) is 0. The Bertz CT molecular complexity index is 686. The number of alkyl halides is 3. The lowest BCUT2D eigenvalue weighted by atomic mass is 10.1. The molecule has 1 atom stereocenters. The van der Waals surface area contributed by atoms with Crippen LogP contribution < -0.4 is 0 Å². The van der Waals surface area contributed by atoms with E-state index in [1.807, 2.05) is 0 Å². The molecule has 0 fully saturated rings. The van der Waals surface area contributed by atoms with E-state index in [1.165, 1.54) is 12.1 Å². The molecule has 2 rings (SSSR count). The van der Waals surface area contributed by atoms with Crippen LogP contribution in [0.4, 0.5) is 13.2 Å². The average molecular weight is 361 g/mol. The first kappa shape index (κ1) is 17.7. The number of rotatable bonds is 5. The van der Waals surface area contributed by atoms with Crippen LogP contribution in [0, 0.1) is 0 Å². The smallest absolute Gasteiger partial charge is 0.416 e. The summed E-state index contributed by atoms with van der Waals surface area (Å²) < 4.78 is 38.1. The van der Waals surface area contributed by atoms with Crippen LogP contribution in [-0.2, 0) is 17.4 Å². The quantitative estimate of drug-likeness (QED) is 0.749. The van der Waals surface area contributed by atoms with Gasteiger partial charge in [-0.2, -0.15) is 13.2 Å². The fourth-order valence-corrected chi connectivity index (χ4v) is 3.07. The number of hydrogen-bond donors (Lipinski definition) is 1. The summed E-state index contributed by atoms with van der Waals surface area (Å²) in [6.07, 6.45) is -4.45. The second kappa shape index (κ2) is 7.27. The third-order valence-electron chi connectivity index (χ3n) is 3.04. The first-order valence-corrected chi connectivity index (χ1v) is 7.82. The Morgan fingerprint density at radius 2 is 1.83 bits per heavy atom. The van der Waals surface area contributed by atoms with Gasteiger partial charge in [0.05, 0.1) is 5.56 Å². The van der Waals surface area contributed by atoms with E-state index in [0.29, 0.717) is 15.5 Å². The first-order valence-electron chi connectivity index (χ1n) is 6.57. The molecule has 122 valence electrons. The predicted molar refractivity (Wildman–Crippen MR) is 83.9 cm³/mol. The minimum absolute atomic E-state index is 0.00739. The number of thioether (sulfide) groups is 1. The molecule has 0 radical (unpaired) electrons. The van der Waals surface area contributed by atoms with E-state index >= 15 is 0 Å². The van der Waals surface area contributed by atoms with Crippen LogP contribution in [-0.4, -0.2) is 16.3 Å². The highest BCUT2D eigenvalue weighted by Gasteiger charge is 2.30. The maximum absolute atomic E-state index is 12.7. The van der Waals surface area contributed by atoms with Crippen molar-refractivity contribution in [3.05, 3.63) is 64.7 Å². The first-order chi connectivity index (χ1) is 10.8. The maximum atomic E-state index is 12.7. The Kier molecular flexibility index (Phi) is 5.59. The number of aliphatic carboxylic acids is 1. The lowest BCUT2D eigenvalue weighted by Crippen LogP contribution is -2.19. The van der Waals surface area contributed by atoms with E-state index in [0.717, 1.165) is 23.9 Å². The molecule has 7 heteroatoms. The standard InChI is InChI=1S/C16H12ClF3O2S/c17-12-4-6-13(7-5-12)23-14(15(21)22)9-10-2-1-3-11(8-10)16(18,19)20/h1-8,14H,9H2,(H,21,22)/t14-/m0/s1. The minimum atomic E-state index is -4.45. The van der Waals surface area contributed by atoms with Gasteiger partial charge in [-0.1, -0.05) is 29.8 Å². The van der Waals surface area contributed by atoms with Crippen molar-refractivity contribution in [2.24, 2.45) is 0 Å². The Morgan fingerprint density at radius 1 is 1.17 bits per heavy atom. The van der Waals surface area contributed by atoms with Crippen LogP contribution >= 0.6 is 23.4 Å². The normalized spacial score (nSPS) is 12.9. The van der Waals surface area contributed by atoms with Gasteiger partial charge < -0.3 is 5.11 Å². The highest BCUT2D eigenvalue weighted by molar-refractivity contribution is 8.00. The number of carboxylic acid groups (broad SMARTS) is 1. The molecule has 0 saturated heterocycles. The summed E-state index contributed by atoms with van der Waals surface area (Å²) in [5, 5.41) is 8.95. The zero-order valence-corrected chi connectivity index (χ0v) is 13.3. The van der Waals surface area contributed by atoms with Crippen molar-refractivity contribution in [2.75, 3.05) is 0 Å². The second-order valence-electron chi connectivity index (χ2n) is 4.80. The van der Waals surface area contributed by atoms with Crippen molar-refractivity contribution in [3.8, 4) is 0 Å². The van der Waals surface area contributed by atoms with Crippen LogP contribution in [0.25, 0.3) is 0 Å². The summed E-state index contributed by atoms with van der Waals surface area (Å²) in [5.74, 6) is -1.08. The highest BCUT2D eigenvalue weighted by atomic mass is 35.5. The molecule has 0 spiro atoms. The Labute approximate surface area is 140 Å². The summed E-state index contributed by atoms with van der Waals surface area (Å²) in [5.41, 5.74) is -0.454. The summed E-state index contributed by atoms with van der Waals surface area (Å²) in [4.78, 5) is 12.1. The van der Waals surface area contributed by atoms with Crippen LogP contribution in [0.15, 0.2) is 53.4 Å². The molecule has 0 saturated carbocycles. The lowest BCUT2D eigenvalue weighted by molar-refractivity contribution is -0.137. The van der Waals surface area contributed by atoms with Gasteiger partial charge in [0.15, 0.2) is 0 Å². The van der Waals surface area contributed by atoms with Gasteiger partial charge in [0, 0.05) is 9.92 Å². The topological polar surface area (TPSA) is 37.3 Å². The minimum Gasteiger partial charge on any atom is -0.480 e. The Balaban J connectivity index is 2.16. The van der Waals surface area contributed by atoms with Gasteiger partial charge in [-0.3, -0.25) is 4.79 Å². The van der Waals surface area contributed by atoms with Gasteiger partial charge in [0.2, 0.25) is 0 Å². The molecule has 0 aromatic heterocycles. The van der Waals surface area contributed by atoms with Gasteiger partial charge in [0.25, 0.3) is 0 Å². The van der Waals surface area contributed by atoms with Crippen molar-refractivity contribution >= 4 is 29.3 Å². The van der Waals surface area contributed by atoms with Gasteiger partial charge in [-0.05, 0) is 42.3 Å². The monoisotopic (exact) mass is 360 g/mol. The van der Waals surface area contributed by atoms with Gasteiger partial charge in [0.1, 0.15) is 5.25 Å². The number of halogens is 4. The fourth-order valence-electron chi connectivity index (χ4n) is 1.95. The summed E-state index contributed by atoms with van der Waals surface area (Å²) in [6.45, 7) is 0. The van der Waals surface area contributed by atoms with Gasteiger partial charge in [-0.15, -0.1) is 11.8 Å². The van der Waals surface area contributed by atoms with E-state index in [9.17, 15) is 23.1 Å². The number of carboxylic acids is 1. The molecule has 0 aliphatic carbocycles. The molecule has 0 amide bonds. The zero-order chi connectivity index (χ0) is 17.0. The highest BCUT2D eigenvalue weighted by Crippen LogP contribution is 2.31. The fraction of sp³-hybridized carbons (Fsp3) is 0.188. The third kappa shape index (κ3) is 5.18. The SMILES string of the molecule is O=C(O)[C@H](Cc1cccc(C(F)(F)F)c1)Sc1ccc(Cl)cc1. The lowest BCUT2D eigenvalue weighted by Gasteiger charge is -2.14. The molecule has 0 aliphatic heterocycles. The second-order valence-corrected chi connectivity index (χ2v) is 6.51. The van der Waals surface area contributed by atoms with E-state index < -0.39 is 23.0 Å². The molecular weight excluding hydrogens is 349 g/mol. The molecule has 2 aromatic rings. The largest absolute Gasteiger partial charge is 0.480 e. The third-order valence-corrected chi connectivity index (χ3v) is 4.49. The molecule has 0 unspecified atom stereocenters. The Morgan fingerprint density at radius 3 is 2.39 bits per heavy atom. The van der Waals surface area contributed by atoms with Crippen LogP contribution in [0.2, 0.25) is 5.02 Å². The zero-order valence-electron chi connectivity index (χ0n) is 11.7. The van der Waals surface area contributed by atoms with Crippen molar-refractivity contribution in [1.82, 2.24) is 0 Å². The van der Waals surface area contributed by atoms with Crippen LogP contribution in [0.3, 0.4) is 0 Å². The maximum Gasteiger partial charge on any atom is 0.416 e. The molecule has 0 aliphatic rings. The van der Waals surface area contributed by atoms with E-state index in [-0.39, 0.29) is 6.42 Å². The molecule has 1 N–H and O–H groups in total.